The zero-order valence-electron chi connectivity index (χ0n) is 15.0. The van der Waals surface area contributed by atoms with Crippen molar-refractivity contribution < 1.29 is 23.9 Å². The molecule has 0 aliphatic carbocycles. The third-order valence-electron chi connectivity index (χ3n) is 3.49. The molecule has 0 radical (unpaired) electrons. The van der Waals surface area contributed by atoms with Crippen LogP contribution < -0.4 is 5.32 Å². The van der Waals surface area contributed by atoms with Crippen molar-refractivity contribution in [1.82, 2.24) is 9.88 Å². The lowest BCUT2D eigenvalue weighted by Crippen LogP contribution is -2.38. The Balaban J connectivity index is 2.49. The van der Waals surface area contributed by atoms with Gasteiger partial charge in [-0.3, -0.25) is 9.36 Å². The monoisotopic (exact) mass is 346 g/mol. The van der Waals surface area contributed by atoms with Crippen molar-refractivity contribution in [2.75, 3.05) is 7.11 Å². The maximum Gasteiger partial charge on any atom is 0.408 e. The minimum absolute atomic E-state index is 0.205. The van der Waals surface area contributed by atoms with Crippen LogP contribution in [0.15, 0.2) is 30.5 Å². The molecule has 0 fully saturated rings. The lowest BCUT2D eigenvalue weighted by Gasteiger charge is -2.22. The van der Waals surface area contributed by atoms with Gasteiger partial charge in [-0.05, 0) is 26.8 Å². The van der Waals surface area contributed by atoms with Crippen molar-refractivity contribution in [1.29, 1.82) is 0 Å². The van der Waals surface area contributed by atoms with Gasteiger partial charge in [-0.1, -0.05) is 18.2 Å². The van der Waals surface area contributed by atoms with Gasteiger partial charge in [-0.25, -0.2) is 9.59 Å². The van der Waals surface area contributed by atoms with Gasteiger partial charge in [0.05, 0.1) is 12.6 Å². The number of nitrogens with one attached hydrogen (secondary N) is 1. The molecule has 0 bridgehead atoms. The number of benzene rings is 1. The van der Waals surface area contributed by atoms with Crippen LogP contribution in [0.25, 0.3) is 10.9 Å². The number of ether oxygens (including phenoxy) is 2. The highest BCUT2D eigenvalue weighted by atomic mass is 16.6. The van der Waals surface area contributed by atoms with Gasteiger partial charge in [-0.2, -0.15) is 0 Å². The van der Waals surface area contributed by atoms with Gasteiger partial charge in [0.2, 0.25) is 5.91 Å². The van der Waals surface area contributed by atoms with E-state index >= 15 is 0 Å². The second-order valence-corrected chi connectivity index (χ2v) is 6.59. The second-order valence-electron chi connectivity index (χ2n) is 6.59. The molecule has 1 amide bonds. The van der Waals surface area contributed by atoms with Crippen molar-refractivity contribution in [2.45, 2.75) is 39.3 Å². The Morgan fingerprint density at radius 2 is 1.80 bits per heavy atom. The predicted molar refractivity (Wildman–Crippen MR) is 92.4 cm³/mol. The van der Waals surface area contributed by atoms with Crippen molar-refractivity contribution in [3.8, 4) is 0 Å². The van der Waals surface area contributed by atoms with Crippen molar-refractivity contribution in [2.24, 2.45) is 0 Å². The molecule has 1 N–H and O–H groups in total. The normalized spacial score (nSPS) is 12.5. The van der Waals surface area contributed by atoms with Crippen LogP contribution >= 0.6 is 0 Å². The number of nitrogens with zero attached hydrogens (tertiary/aromatic N) is 1. The van der Waals surface area contributed by atoms with E-state index in [1.807, 2.05) is 0 Å². The van der Waals surface area contributed by atoms with Gasteiger partial charge < -0.3 is 14.8 Å². The molecule has 25 heavy (non-hydrogen) atoms. The fraction of sp³-hybridized carbons (Fsp3) is 0.389. The third kappa shape index (κ3) is 4.17. The number of amides is 1. The average Bonchev–Trinajstić information content (AvgIpc) is 2.90. The Morgan fingerprint density at radius 1 is 1.16 bits per heavy atom. The van der Waals surface area contributed by atoms with E-state index in [0.717, 1.165) is 0 Å². The quantitative estimate of drug-likeness (QED) is 0.863. The molecule has 1 aromatic heterocycles. The number of rotatable bonds is 3. The van der Waals surface area contributed by atoms with Crippen LogP contribution in [0, 0.1) is 0 Å². The predicted octanol–water partition coefficient (Wildman–Crippen LogP) is 3.04. The molecular formula is C18H22N2O5. The lowest BCUT2D eigenvalue weighted by atomic mass is 10.1. The molecule has 0 aliphatic rings. The summed E-state index contributed by atoms with van der Waals surface area (Å²) >= 11 is 0. The molecule has 1 aromatic carbocycles. The first-order chi connectivity index (χ1) is 11.6. The largest absolute Gasteiger partial charge is 0.467 e. The Labute approximate surface area is 145 Å². The number of carbonyl (C=O) groups is 3. The molecule has 2 aromatic rings. The molecule has 7 heteroatoms. The summed E-state index contributed by atoms with van der Waals surface area (Å²) in [6.45, 7) is 6.59. The number of alkyl carbamates (subject to hydrolysis) is 1. The molecule has 1 atom stereocenters. The fourth-order valence-electron chi connectivity index (χ4n) is 2.50. The van der Waals surface area contributed by atoms with Gasteiger partial charge >= 0.3 is 12.1 Å². The topological polar surface area (TPSA) is 86.6 Å². The van der Waals surface area contributed by atoms with E-state index in [0.29, 0.717) is 16.5 Å². The molecular weight excluding hydrogens is 324 g/mol. The summed E-state index contributed by atoms with van der Waals surface area (Å²) in [6, 6.07) is 6.03. The lowest BCUT2D eigenvalue weighted by molar-refractivity contribution is -0.143. The van der Waals surface area contributed by atoms with E-state index in [9.17, 15) is 14.4 Å². The van der Waals surface area contributed by atoms with E-state index in [2.05, 4.69) is 5.32 Å². The maximum absolute atomic E-state index is 12.2. The highest BCUT2D eigenvalue weighted by Crippen LogP contribution is 2.28. The van der Waals surface area contributed by atoms with Gasteiger partial charge in [0, 0.05) is 24.1 Å². The second kappa shape index (κ2) is 6.96. The summed E-state index contributed by atoms with van der Waals surface area (Å²) in [4.78, 5) is 36.3. The molecule has 0 saturated carbocycles. The summed E-state index contributed by atoms with van der Waals surface area (Å²) in [6.07, 6.45) is 0.786. The summed E-state index contributed by atoms with van der Waals surface area (Å²) in [5.41, 5.74) is 0.395. The average molecular weight is 346 g/mol. The van der Waals surface area contributed by atoms with Gasteiger partial charge in [0.25, 0.3) is 0 Å². The summed E-state index contributed by atoms with van der Waals surface area (Å²) in [5, 5.41) is 3.20. The van der Waals surface area contributed by atoms with Gasteiger partial charge in [-0.15, -0.1) is 0 Å². The van der Waals surface area contributed by atoms with E-state index in [-0.39, 0.29) is 5.91 Å². The first kappa shape index (κ1) is 18.5. The highest BCUT2D eigenvalue weighted by molar-refractivity contribution is 5.97. The first-order valence-corrected chi connectivity index (χ1v) is 7.82. The maximum atomic E-state index is 12.2. The summed E-state index contributed by atoms with van der Waals surface area (Å²) < 4.78 is 11.5. The van der Waals surface area contributed by atoms with E-state index in [1.165, 1.54) is 24.8 Å². The Bertz CT molecular complexity index is 816. The van der Waals surface area contributed by atoms with Crippen LogP contribution in [0.4, 0.5) is 4.79 Å². The van der Waals surface area contributed by atoms with Gasteiger partial charge in [0.15, 0.2) is 6.04 Å². The zero-order valence-corrected chi connectivity index (χ0v) is 15.0. The molecule has 1 heterocycles. The standard InChI is InChI=1S/C18H22N2O5/c1-11(21)20-10-13(12-8-6-7-9-14(12)20)15(16(22)24-5)19-17(23)25-18(2,3)4/h6-10,15H,1-5H3,(H,19,23). The van der Waals surface area contributed by atoms with Crippen LogP contribution in [-0.2, 0) is 14.3 Å². The number of para-hydroxylation sites is 1. The Morgan fingerprint density at radius 3 is 2.36 bits per heavy atom. The minimum Gasteiger partial charge on any atom is -0.467 e. The molecule has 2 rings (SSSR count). The van der Waals surface area contributed by atoms with Crippen LogP contribution in [-0.4, -0.2) is 35.2 Å². The summed E-state index contributed by atoms with van der Waals surface area (Å²) in [5.74, 6) is -0.861. The van der Waals surface area contributed by atoms with E-state index in [1.54, 1.807) is 45.0 Å². The summed E-state index contributed by atoms with van der Waals surface area (Å²) in [7, 11) is 1.23. The highest BCUT2D eigenvalue weighted by Gasteiger charge is 2.29. The van der Waals surface area contributed by atoms with E-state index in [4.69, 9.17) is 9.47 Å². The number of hydrogen-bond donors (Lipinski definition) is 1. The number of esters is 1. The molecule has 0 saturated heterocycles. The SMILES string of the molecule is COC(=O)C(NC(=O)OC(C)(C)C)c1cn(C(C)=O)c2ccccc12. The van der Waals surface area contributed by atoms with Crippen LogP contribution in [0.5, 0.6) is 0 Å². The van der Waals surface area contributed by atoms with Gasteiger partial charge in [0.1, 0.15) is 5.60 Å². The van der Waals surface area contributed by atoms with Crippen molar-refractivity contribution in [3.05, 3.63) is 36.0 Å². The number of fused-ring (bicyclic) bond motifs is 1. The van der Waals surface area contributed by atoms with Crippen LogP contribution in [0.3, 0.4) is 0 Å². The minimum atomic E-state index is -1.09. The molecule has 0 spiro atoms. The van der Waals surface area contributed by atoms with Crippen molar-refractivity contribution in [3.63, 3.8) is 0 Å². The van der Waals surface area contributed by atoms with Crippen molar-refractivity contribution >= 4 is 28.9 Å². The number of aromatic nitrogens is 1. The zero-order chi connectivity index (χ0) is 18.8. The molecule has 134 valence electrons. The third-order valence-corrected chi connectivity index (χ3v) is 3.49. The molecule has 7 nitrogen and oxygen atoms in total. The molecule has 1 unspecified atom stereocenters. The number of carbonyl (C=O) groups excluding carboxylic acids is 3. The smallest absolute Gasteiger partial charge is 0.408 e. The Hall–Kier alpha value is -2.83. The van der Waals surface area contributed by atoms with E-state index < -0.39 is 23.7 Å². The fourth-order valence-corrected chi connectivity index (χ4v) is 2.50. The van der Waals surface area contributed by atoms with Crippen LogP contribution in [0.1, 0.15) is 44.1 Å². The first-order valence-electron chi connectivity index (χ1n) is 7.82. The number of hydrogen-bond acceptors (Lipinski definition) is 5. The molecule has 0 aliphatic heterocycles. The van der Waals surface area contributed by atoms with Crippen LogP contribution in [0.2, 0.25) is 0 Å². The number of methoxy groups -OCH3 is 1. The Kier molecular flexibility index (Phi) is 5.15.